The minimum Gasteiger partial charge on any atom is -0.444 e. The predicted octanol–water partition coefficient (Wildman–Crippen LogP) is 2.22. The summed E-state index contributed by atoms with van der Waals surface area (Å²) in [6.45, 7) is 7.07. The summed E-state index contributed by atoms with van der Waals surface area (Å²) in [5.41, 5.74) is 0.284. The van der Waals surface area contributed by atoms with Crippen molar-refractivity contribution in [2.45, 2.75) is 64.6 Å². The van der Waals surface area contributed by atoms with Gasteiger partial charge in [0.25, 0.3) is 0 Å². The second kappa shape index (κ2) is 6.60. The maximum atomic E-state index is 12.0. The summed E-state index contributed by atoms with van der Waals surface area (Å²) >= 11 is 0. The number of anilines is 1. The van der Waals surface area contributed by atoms with E-state index in [9.17, 15) is 9.59 Å². The molecule has 1 heterocycles. The standard InChI is InChI=1S/C16H26N4O3/c1-11(21)20(14-9-17-19(5)10-14)13-7-6-12(8-13)18-15(22)23-16(2,3)4/h9-10,12-13H,6-8H2,1-5H3,(H,18,22). The van der Waals surface area contributed by atoms with Crippen molar-refractivity contribution in [2.75, 3.05) is 4.90 Å². The highest BCUT2D eigenvalue weighted by atomic mass is 16.6. The first-order valence-electron chi connectivity index (χ1n) is 7.93. The average Bonchev–Trinajstić information content (AvgIpc) is 2.97. The van der Waals surface area contributed by atoms with Crippen molar-refractivity contribution in [1.29, 1.82) is 0 Å². The zero-order valence-corrected chi connectivity index (χ0v) is 14.5. The first-order valence-corrected chi connectivity index (χ1v) is 7.93. The highest BCUT2D eigenvalue weighted by Crippen LogP contribution is 2.28. The molecule has 1 N–H and O–H groups in total. The van der Waals surface area contributed by atoms with Gasteiger partial charge in [-0.15, -0.1) is 0 Å². The lowest BCUT2D eigenvalue weighted by Crippen LogP contribution is -2.41. The molecule has 1 aliphatic carbocycles. The highest BCUT2D eigenvalue weighted by Gasteiger charge is 2.33. The average molecular weight is 322 g/mol. The van der Waals surface area contributed by atoms with Gasteiger partial charge in [0, 0.05) is 32.3 Å². The molecule has 7 heteroatoms. The number of hydrogen-bond acceptors (Lipinski definition) is 4. The van der Waals surface area contributed by atoms with Crippen LogP contribution >= 0.6 is 0 Å². The summed E-state index contributed by atoms with van der Waals surface area (Å²) in [4.78, 5) is 25.7. The zero-order valence-electron chi connectivity index (χ0n) is 14.5. The summed E-state index contributed by atoms with van der Waals surface area (Å²) < 4.78 is 6.96. The summed E-state index contributed by atoms with van der Waals surface area (Å²) in [5.74, 6) is -0.0130. The van der Waals surface area contributed by atoms with Crippen LogP contribution in [0.25, 0.3) is 0 Å². The molecule has 0 radical (unpaired) electrons. The summed E-state index contributed by atoms with van der Waals surface area (Å²) in [6.07, 6.45) is 5.50. The van der Waals surface area contributed by atoms with Crippen LogP contribution in [0.15, 0.2) is 12.4 Å². The van der Waals surface area contributed by atoms with Crippen molar-refractivity contribution < 1.29 is 14.3 Å². The van der Waals surface area contributed by atoms with E-state index in [0.29, 0.717) is 6.42 Å². The third-order valence-electron chi connectivity index (χ3n) is 3.80. The van der Waals surface area contributed by atoms with E-state index in [2.05, 4.69) is 10.4 Å². The van der Waals surface area contributed by atoms with E-state index in [-0.39, 0.29) is 18.0 Å². The van der Waals surface area contributed by atoms with Crippen molar-refractivity contribution in [2.24, 2.45) is 7.05 Å². The number of rotatable bonds is 3. The predicted molar refractivity (Wildman–Crippen MR) is 87.2 cm³/mol. The molecule has 0 aliphatic heterocycles. The molecular weight excluding hydrogens is 296 g/mol. The highest BCUT2D eigenvalue weighted by molar-refractivity contribution is 5.91. The Labute approximate surface area is 137 Å². The molecule has 1 aromatic rings. The fourth-order valence-corrected chi connectivity index (χ4v) is 2.98. The van der Waals surface area contributed by atoms with Crippen LogP contribution in [-0.4, -0.2) is 39.5 Å². The van der Waals surface area contributed by atoms with E-state index in [1.165, 1.54) is 0 Å². The van der Waals surface area contributed by atoms with Crippen LogP contribution in [0.2, 0.25) is 0 Å². The topological polar surface area (TPSA) is 76.5 Å². The lowest BCUT2D eigenvalue weighted by atomic mass is 10.2. The van der Waals surface area contributed by atoms with Gasteiger partial charge < -0.3 is 15.0 Å². The number of aromatic nitrogens is 2. The number of amides is 2. The van der Waals surface area contributed by atoms with Gasteiger partial charge in [-0.05, 0) is 40.0 Å². The lowest BCUT2D eigenvalue weighted by Gasteiger charge is -2.27. The number of ether oxygens (including phenoxy) is 1. The van der Waals surface area contributed by atoms with Crippen molar-refractivity contribution in [3.05, 3.63) is 12.4 Å². The molecule has 1 aliphatic rings. The molecule has 0 aromatic carbocycles. The van der Waals surface area contributed by atoms with Gasteiger partial charge in [0.2, 0.25) is 5.91 Å². The van der Waals surface area contributed by atoms with Gasteiger partial charge in [0.05, 0.1) is 11.9 Å². The Morgan fingerprint density at radius 1 is 1.39 bits per heavy atom. The largest absolute Gasteiger partial charge is 0.444 e. The zero-order chi connectivity index (χ0) is 17.2. The monoisotopic (exact) mass is 322 g/mol. The minimum atomic E-state index is -0.511. The molecule has 23 heavy (non-hydrogen) atoms. The molecule has 1 aromatic heterocycles. The van der Waals surface area contributed by atoms with Gasteiger partial charge in [0.1, 0.15) is 5.60 Å². The maximum Gasteiger partial charge on any atom is 0.407 e. The number of carbonyl (C=O) groups is 2. The smallest absolute Gasteiger partial charge is 0.407 e. The number of nitrogens with one attached hydrogen (secondary N) is 1. The Bertz CT molecular complexity index is 576. The van der Waals surface area contributed by atoms with E-state index in [0.717, 1.165) is 18.5 Å². The fourth-order valence-electron chi connectivity index (χ4n) is 2.98. The first kappa shape index (κ1) is 17.3. The molecule has 2 rings (SSSR count). The van der Waals surface area contributed by atoms with Crippen LogP contribution in [0, 0.1) is 0 Å². The molecule has 0 spiro atoms. The SMILES string of the molecule is CC(=O)N(c1cnn(C)c1)C1CCC(NC(=O)OC(C)(C)C)C1. The number of alkyl carbamates (subject to hydrolysis) is 1. The normalized spacial score (nSPS) is 21.1. The quantitative estimate of drug-likeness (QED) is 0.926. The number of carbonyl (C=O) groups excluding carboxylic acids is 2. The van der Waals surface area contributed by atoms with Crippen molar-refractivity contribution in [1.82, 2.24) is 15.1 Å². The van der Waals surface area contributed by atoms with Crippen LogP contribution in [-0.2, 0) is 16.6 Å². The van der Waals surface area contributed by atoms with Crippen LogP contribution in [0.4, 0.5) is 10.5 Å². The second-order valence-electron chi connectivity index (χ2n) is 7.07. The van der Waals surface area contributed by atoms with E-state index >= 15 is 0 Å². The molecule has 2 amide bonds. The van der Waals surface area contributed by atoms with Gasteiger partial charge in [-0.3, -0.25) is 9.48 Å². The lowest BCUT2D eigenvalue weighted by molar-refractivity contribution is -0.117. The summed E-state index contributed by atoms with van der Waals surface area (Å²) in [7, 11) is 1.82. The van der Waals surface area contributed by atoms with Crippen LogP contribution < -0.4 is 10.2 Å². The summed E-state index contributed by atoms with van der Waals surface area (Å²) in [6, 6.07) is 0.0880. The Kier molecular flexibility index (Phi) is 4.97. The molecule has 7 nitrogen and oxygen atoms in total. The van der Waals surface area contributed by atoms with Gasteiger partial charge in [-0.2, -0.15) is 5.10 Å². The van der Waals surface area contributed by atoms with Crippen molar-refractivity contribution >= 4 is 17.7 Å². The maximum absolute atomic E-state index is 12.0. The Morgan fingerprint density at radius 2 is 2.09 bits per heavy atom. The van der Waals surface area contributed by atoms with E-state index in [4.69, 9.17) is 4.74 Å². The second-order valence-corrected chi connectivity index (χ2v) is 7.07. The first-order chi connectivity index (χ1) is 10.7. The number of hydrogen-bond donors (Lipinski definition) is 1. The van der Waals surface area contributed by atoms with E-state index in [1.54, 1.807) is 22.7 Å². The minimum absolute atomic E-state index is 0.0130. The van der Waals surface area contributed by atoms with Crippen molar-refractivity contribution in [3.63, 3.8) is 0 Å². The number of nitrogens with zero attached hydrogens (tertiary/aromatic N) is 3. The molecule has 0 bridgehead atoms. The Morgan fingerprint density at radius 3 is 2.61 bits per heavy atom. The van der Waals surface area contributed by atoms with E-state index in [1.807, 2.05) is 34.0 Å². The van der Waals surface area contributed by atoms with E-state index < -0.39 is 11.7 Å². The van der Waals surface area contributed by atoms with Crippen molar-refractivity contribution in [3.8, 4) is 0 Å². The molecule has 1 fully saturated rings. The molecular formula is C16H26N4O3. The molecule has 128 valence electrons. The fraction of sp³-hybridized carbons (Fsp3) is 0.688. The third-order valence-corrected chi connectivity index (χ3v) is 3.80. The molecule has 1 saturated carbocycles. The molecule has 0 saturated heterocycles. The summed E-state index contributed by atoms with van der Waals surface area (Å²) in [5, 5.41) is 7.03. The molecule has 2 unspecified atom stereocenters. The van der Waals surface area contributed by atoms with Gasteiger partial charge in [-0.1, -0.05) is 0 Å². The van der Waals surface area contributed by atoms with Crippen LogP contribution in [0.3, 0.4) is 0 Å². The molecule has 2 atom stereocenters. The van der Waals surface area contributed by atoms with Crippen LogP contribution in [0.5, 0.6) is 0 Å². The van der Waals surface area contributed by atoms with Gasteiger partial charge >= 0.3 is 6.09 Å². The van der Waals surface area contributed by atoms with Crippen LogP contribution in [0.1, 0.15) is 47.0 Å². The number of aryl methyl sites for hydroxylation is 1. The third kappa shape index (κ3) is 4.71. The Hall–Kier alpha value is -2.05. The Balaban J connectivity index is 1.97. The van der Waals surface area contributed by atoms with Gasteiger partial charge in [-0.25, -0.2) is 4.79 Å². The van der Waals surface area contributed by atoms with Gasteiger partial charge in [0.15, 0.2) is 0 Å².